The van der Waals surface area contributed by atoms with Crippen LogP contribution in [0.1, 0.15) is 60.3 Å². The molecule has 0 saturated carbocycles. The van der Waals surface area contributed by atoms with Gasteiger partial charge in [0.1, 0.15) is 18.0 Å². The summed E-state index contributed by atoms with van der Waals surface area (Å²) in [5.41, 5.74) is -0.490. The van der Waals surface area contributed by atoms with Gasteiger partial charge in [-0.1, -0.05) is 39.0 Å². The van der Waals surface area contributed by atoms with E-state index in [4.69, 9.17) is 23.7 Å². The van der Waals surface area contributed by atoms with Crippen LogP contribution in [0.3, 0.4) is 0 Å². The van der Waals surface area contributed by atoms with Crippen LogP contribution in [0.2, 0.25) is 0 Å². The Bertz CT molecular complexity index is 971. The zero-order chi connectivity index (χ0) is 35.2. The molecule has 1 unspecified atom stereocenters. The second kappa shape index (κ2) is 24.2. The predicted molar refractivity (Wildman–Crippen MR) is 197 cm³/mol. The van der Waals surface area contributed by atoms with Crippen molar-refractivity contribution in [2.45, 2.75) is 72.0 Å². The number of likely N-dealkylation sites (tertiary alicyclic amines) is 1. The number of para-hydroxylation sites is 1. The zero-order valence-electron chi connectivity index (χ0n) is 31.5. The van der Waals surface area contributed by atoms with E-state index in [1.54, 1.807) is 0 Å². The molecule has 1 atom stereocenters. The van der Waals surface area contributed by atoms with Crippen LogP contribution in [0.25, 0.3) is 0 Å². The van der Waals surface area contributed by atoms with E-state index in [1.165, 1.54) is 0 Å². The highest BCUT2D eigenvalue weighted by Crippen LogP contribution is 2.22. The first-order valence-corrected chi connectivity index (χ1v) is 19.0. The number of hydrogen-bond donors (Lipinski definition) is 2. The molecular formula is C38H69N5O6. The monoisotopic (exact) mass is 692 g/mol. The third kappa shape index (κ3) is 19.3. The Hall–Kier alpha value is -1.99. The number of rotatable bonds is 25. The van der Waals surface area contributed by atoms with E-state index in [-0.39, 0.29) is 6.09 Å². The lowest BCUT2D eigenvalue weighted by molar-refractivity contribution is -0.0230. The van der Waals surface area contributed by atoms with Gasteiger partial charge in [0.05, 0.1) is 39.1 Å². The van der Waals surface area contributed by atoms with Gasteiger partial charge in [-0.25, -0.2) is 4.79 Å². The molecule has 1 aromatic carbocycles. The van der Waals surface area contributed by atoms with Crippen LogP contribution in [-0.2, 0) is 18.9 Å². The number of hydrogen-bond acceptors (Lipinski definition) is 10. The summed E-state index contributed by atoms with van der Waals surface area (Å²) in [4.78, 5) is 19.5. The molecule has 0 aliphatic carbocycles. The number of ether oxygens (including phenoxy) is 5. The van der Waals surface area contributed by atoms with Gasteiger partial charge in [0, 0.05) is 65.4 Å². The average Bonchev–Trinajstić information content (AvgIpc) is 3.09. The highest BCUT2D eigenvalue weighted by molar-refractivity contribution is 5.68. The number of nitrogens with zero attached hydrogens (tertiary/aromatic N) is 3. The van der Waals surface area contributed by atoms with Gasteiger partial charge in [-0.2, -0.15) is 0 Å². The van der Waals surface area contributed by atoms with Crippen LogP contribution in [-0.4, -0.2) is 151 Å². The number of benzene rings is 1. The maximum absolute atomic E-state index is 12.9. The smallest absolute Gasteiger partial charge is 0.410 e. The number of nitrogens with one attached hydrogen (secondary N) is 2. The average molecular weight is 692 g/mol. The maximum atomic E-state index is 12.9. The molecule has 2 saturated heterocycles. The molecule has 2 fully saturated rings. The molecule has 2 heterocycles. The highest BCUT2D eigenvalue weighted by atomic mass is 16.6. The minimum Gasteiger partial charge on any atom is -0.492 e. The van der Waals surface area contributed by atoms with Crippen molar-refractivity contribution in [3.8, 4) is 5.75 Å². The van der Waals surface area contributed by atoms with Crippen LogP contribution < -0.4 is 15.4 Å². The van der Waals surface area contributed by atoms with Crippen molar-refractivity contribution in [2.75, 3.05) is 118 Å². The third-order valence-corrected chi connectivity index (χ3v) is 9.21. The molecule has 0 bridgehead atoms. The molecule has 11 nitrogen and oxygen atoms in total. The van der Waals surface area contributed by atoms with Crippen molar-refractivity contribution in [1.82, 2.24) is 25.3 Å². The van der Waals surface area contributed by atoms with Crippen molar-refractivity contribution >= 4 is 6.09 Å². The third-order valence-electron chi connectivity index (χ3n) is 9.21. The zero-order valence-corrected chi connectivity index (χ0v) is 31.5. The van der Waals surface area contributed by atoms with E-state index in [9.17, 15) is 4.79 Å². The molecule has 0 spiro atoms. The summed E-state index contributed by atoms with van der Waals surface area (Å²) >= 11 is 0. The van der Waals surface area contributed by atoms with Gasteiger partial charge in [-0.15, -0.1) is 0 Å². The molecule has 11 heteroatoms. The number of piperazine rings is 1. The van der Waals surface area contributed by atoms with Crippen molar-refractivity contribution in [2.24, 2.45) is 11.8 Å². The van der Waals surface area contributed by atoms with Crippen molar-refractivity contribution in [3.05, 3.63) is 30.3 Å². The first-order valence-electron chi connectivity index (χ1n) is 19.0. The number of carbonyl (C=O) groups excluding carboxylic acids is 1. The van der Waals surface area contributed by atoms with Crippen molar-refractivity contribution in [1.29, 1.82) is 0 Å². The molecular weight excluding hydrogens is 622 g/mol. The van der Waals surface area contributed by atoms with Gasteiger partial charge in [-0.05, 0) is 76.6 Å². The largest absolute Gasteiger partial charge is 0.492 e. The van der Waals surface area contributed by atoms with E-state index in [1.807, 2.05) is 49.1 Å². The van der Waals surface area contributed by atoms with E-state index < -0.39 is 5.60 Å². The predicted octanol–water partition coefficient (Wildman–Crippen LogP) is 4.36. The lowest BCUT2D eigenvalue weighted by Gasteiger charge is -2.36. The van der Waals surface area contributed by atoms with Gasteiger partial charge in [0.2, 0.25) is 0 Å². The van der Waals surface area contributed by atoms with Gasteiger partial charge in [0.25, 0.3) is 0 Å². The fourth-order valence-electron chi connectivity index (χ4n) is 6.01. The molecule has 282 valence electrons. The molecule has 1 amide bonds. The molecule has 0 radical (unpaired) electrons. The van der Waals surface area contributed by atoms with Crippen LogP contribution in [0.5, 0.6) is 5.75 Å². The standard InChI is InChI=1S/C38H69N5O6/c1-33(2)31-39-15-25-45-27-23-42-19-21-43(22-20-42)37(44)49-38(4,5)14-11-34(3)32-40-16-26-46-29-30-48-36-12-17-41(18-13-36)24-28-47-35-9-7-6-8-10-35/h6-10,33-34,36,39-40H,11-32H2,1-5H3. The molecule has 1 aromatic rings. The normalized spacial score (nSPS) is 17.5. The molecule has 0 aromatic heterocycles. The Balaban J connectivity index is 1.10. The fourth-order valence-corrected chi connectivity index (χ4v) is 6.01. The van der Waals surface area contributed by atoms with Crippen molar-refractivity contribution < 1.29 is 28.5 Å². The topological polar surface area (TPSA) is 97.0 Å². The first kappa shape index (κ1) is 41.4. The Kier molecular flexibility index (Phi) is 20.5. The first-order chi connectivity index (χ1) is 23.7. The van der Waals surface area contributed by atoms with E-state index in [0.717, 1.165) is 117 Å². The van der Waals surface area contributed by atoms with Gasteiger partial charge < -0.3 is 39.2 Å². The molecule has 2 aliphatic rings. The van der Waals surface area contributed by atoms with Crippen LogP contribution in [0, 0.1) is 11.8 Å². The summed E-state index contributed by atoms with van der Waals surface area (Å²) in [6.45, 7) is 25.6. The Morgan fingerprint density at radius 3 is 2.12 bits per heavy atom. The second-order valence-corrected chi connectivity index (χ2v) is 14.7. The second-order valence-electron chi connectivity index (χ2n) is 14.7. The van der Waals surface area contributed by atoms with Gasteiger partial charge in [-0.3, -0.25) is 9.80 Å². The molecule has 49 heavy (non-hydrogen) atoms. The van der Waals surface area contributed by atoms with Crippen LogP contribution in [0.4, 0.5) is 4.79 Å². The van der Waals surface area contributed by atoms with Crippen LogP contribution >= 0.6 is 0 Å². The number of piperidine rings is 1. The minimum absolute atomic E-state index is 0.195. The summed E-state index contributed by atoms with van der Waals surface area (Å²) in [7, 11) is 0. The van der Waals surface area contributed by atoms with E-state index in [0.29, 0.717) is 50.8 Å². The van der Waals surface area contributed by atoms with Gasteiger partial charge in [0.15, 0.2) is 0 Å². The lowest BCUT2D eigenvalue weighted by atomic mass is 9.96. The van der Waals surface area contributed by atoms with E-state index >= 15 is 0 Å². The Labute approximate surface area is 297 Å². The van der Waals surface area contributed by atoms with Crippen LogP contribution in [0.15, 0.2) is 30.3 Å². The minimum atomic E-state index is -0.490. The Morgan fingerprint density at radius 1 is 0.796 bits per heavy atom. The highest BCUT2D eigenvalue weighted by Gasteiger charge is 2.29. The van der Waals surface area contributed by atoms with E-state index in [2.05, 4.69) is 41.2 Å². The van der Waals surface area contributed by atoms with Gasteiger partial charge >= 0.3 is 6.09 Å². The lowest BCUT2D eigenvalue weighted by Crippen LogP contribution is -2.50. The summed E-state index contributed by atoms with van der Waals surface area (Å²) in [5.74, 6) is 2.07. The number of carbonyl (C=O) groups is 1. The fraction of sp³-hybridized carbons (Fsp3) is 0.816. The SMILES string of the molecule is CC(C)CNCCOCCN1CCN(C(=O)OC(C)(C)CCC(C)CNCCOCCOC2CCN(CCOc3ccccc3)CC2)CC1. The summed E-state index contributed by atoms with van der Waals surface area (Å²) < 4.78 is 29.4. The summed E-state index contributed by atoms with van der Waals surface area (Å²) in [6.07, 6.45) is 4.07. The Morgan fingerprint density at radius 2 is 1.43 bits per heavy atom. The molecule has 2 N–H and O–H groups in total. The van der Waals surface area contributed by atoms with Crippen molar-refractivity contribution in [3.63, 3.8) is 0 Å². The quantitative estimate of drug-likeness (QED) is 0.144. The summed E-state index contributed by atoms with van der Waals surface area (Å²) in [5, 5.41) is 6.90. The number of amides is 1. The molecule has 3 rings (SSSR count). The molecule has 2 aliphatic heterocycles. The maximum Gasteiger partial charge on any atom is 0.410 e. The summed E-state index contributed by atoms with van der Waals surface area (Å²) in [6, 6.07) is 10.0.